The summed E-state index contributed by atoms with van der Waals surface area (Å²) in [6, 6.07) is 9.93. The molecule has 2 aromatic carbocycles. The highest BCUT2D eigenvalue weighted by molar-refractivity contribution is 7.99. The zero-order valence-electron chi connectivity index (χ0n) is 12.2. The molecule has 1 atom stereocenters. The van der Waals surface area contributed by atoms with Gasteiger partial charge in [-0.1, -0.05) is 18.2 Å². The molecule has 23 heavy (non-hydrogen) atoms. The number of thioether (sulfide) groups is 1. The first-order chi connectivity index (χ1) is 10.9. The summed E-state index contributed by atoms with van der Waals surface area (Å²) < 4.78 is 51.7. The Kier molecular flexibility index (Phi) is 4.64. The van der Waals surface area contributed by atoms with Crippen molar-refractivity contribution < 1.29 is 17.6 Å². The van der Waals surface area contributed by atoms with E-state index in [0.29, 0.717) is 12.1 Å². The number of benzene rings is 2. The number of rotatable bonds is 3. The predicted octanol–water partition coefficient (Wildman–Crippen LogP) is 5.17. The summed E-state index contributed by atoms with van der Waals surface area (Å²) in [5.74, 6) is 0.607. The van der Waals surface area contributed by atoms with Crippen molar-refractivity contribution in [2.24, 2.45) is 0 Å². The highest BCUT2D eigenvalue weighted by atomic mass is 32.2. The van der Waals surface area contributed by atoms with Crippen molar-refractivity contribution in [2.45, 2.75) is 30.1 Å². The Labute approximate surface area is 136 Å². The first-order valence-corrected chi connectivity index (χ1v) is 8.24. The molecule has 0 aromatic heterocycles. The highest BCUT2D eigenvalue weighted by Gasteiger charge is 2.30. The second-order valence-electron chi connectivity index (χ2n) is 5.45. The van der Waals surface area contributed by atoms with E-state index in [0.717, 1.165) is 34.8 Å². The predicted molar refractivity (Wildman–Crippen MR) is 82.8 cm³/mol. The zero-order chi connectivity index (χ0) is 16.4. The minimum Gasteiger partial charge on any atom is -0.306 e. The smallest absolute Gasteiger partial charge is 0.306 e. The second kappa shape index (κ2) is 6.53. The van der Waals surface area contributed by atoms with Crippen LogP contribution in [0, 0.1) is 5.82 Å². The van der Waals surface area contributed by atoms with Gasteiger partial charge >= 0.3 is 6.18 Å². The molecule has 0 saturated carbocycles. The van der Waals surface area contributed by atoms with E-state index in [-0.39, 0.29) is 11.9 Å². The van der Waals surface area contributed by atoms with Gasteiger partial charge in [-0.3, -0.25) is 0 Å². The van der Waals surface area contributed by atoms with Crippen LogP contribution in [0.25, 0.3) is 0 Å². The van der Waals surface area contributed by atoms with E-state index in [1.165, 1.54) is 18.2 Å². The lowest BCUT2D eigenvalue weighted by atomic mass is 10.0. The van der Waals surface area contributed by atoms with Crippen LogP contribution in [0.5, 0.6) is 0 Å². The third-order valence-corrected chi connectivity index (χ3v) is 4.94. The second-order valence-corrected chi connectivity index (χ2v) is 6.59. The van der Waals surface area contributed by atoms with Crippen molar-refractivity contribution in [3.8, 4) is 0 Å². The molecule has 0 saturated heterocycles. The Morgan fingerprint density at radius 3 is 2.74 bits per heavy atom. The Morgan fingerprint density at radius 2 is 1.96 bits per heavy atom. The molecule has 1 heterocycles. The van der Waals surface area contributed by atoms with E-state index in [9.17, 15) is 17.6 Å². The van der Waals surface area contributed by atoms with E-state index < -0.39 is 11.7 Å². The van der Waals surface area contributed by atoms with Crippen molar-refractivity contribution in [3.63, 3.8) is 0 Å². The first kappa shape index (κ1) is 16.3. The average molecular weight is 341 g/mol. The van der Waals surface area contributed by atoms with Gasteiger partial charge in [-0.15, -0.1) is 11.8 Å². The maximum atomic E-state index is 13.5. The molecule has 0 bridgehead atoms. The van der Waals surface area contributed by atoms with E-state index in [1.807, 2.05) is 0 Å². The van der Waals surface area contributed by atoms with E-state index in [1.54, 1.807) is 23.9 Å². The largest absolute Gasteiger partial charge is 0.416 e. The maximum absolute atomic E-state index is 13.5. The summed E-state index contributed by atoms with van der Waals surface area (Å²) in [4.78, 5) is 1.03. The highest BCUT2D eigenvalue weighted by Crippen LogP contribution is 2.36. The number of nitrogens with one attached hydrogen (secondary N) is 1. The number of fused-ring (bicyclic) bond motifs is 1. The molecule has 122 valence electrons. The number of alkyl halides is 3. The van der Waals surface area contributed by atoms with E-state index in [2.05, 4.69) is 5.32 Å². The summed E-state index contributed by atoms with van der Waals surface area (Å²) in [5.41, 5.74) is 0.798. The van der Waals surface area contributed by atoms with Crippen LogP contribution in [0.15, 0.2) is 47.4 Å². The van der Waals surface area contributed by atoms with Crippen LogP contribution in [0.4, 0.5) is 17.6 Å². The summed E-state index contributed by atoms with van der Waals surface area (Å²) in [6.45, 7) is 0.315. The number of hydrogen-bond acceptors (Lipinski definition) is 2. The Bertz CT molecular complexity index is 699. The van der Waals surface area contributed by atoms with Crippen LogP contribution in [0.1, 0.15) is 29.2 Å². The van der Waals surface area contributed by atoms with Gasteiger partial charge in [0.1, 0.15) is 5.82 Å². The van der Waals surface area contributed by atoms with Gasteiger partial charge in [-0.2, -0.15) is 13.2 Å². The van der Waals surface area contributed by atoms with Crippen LogP contribution in [0.3, 0.4) is 0 Å². The SMILES string of the molecule is Fc1ccc2c(c1)C(NCc1cccc(C(F)(F)F)c1)CCS2. The van der Waals surface area contributed by atoms with Gasteiger partial charge in [0.25, 0.3) is 0 Å². The van der Waals surface area contributed by atoms with Crippen molar-refractivity contribution in [2.75, 3.05) is 5.75 Å². The molecule has 0 radical (unpaired) electrons. The van der Waals surface area contributed by atoms with Gasteiger partial charge in [-0.25, -0.2) is 4.39 Å². The summed E-state index contributed by atoms with van der Waals surface area (Å²) >= 11 is 1.67. The molecule has 0 aliphatic carbocycles. The van der Waals surface area contributed by atoms with Gasteiger partial charge in [0, 0.05) is 17.5 Å². The van der Waals surface area contributed by atoms with Crippen LogP contribution < -0.4 is 5.32 Å². The fourth-order valence-electron chi connectivity index (χ4n) is 2.68. The molecule has 6 heteroatoms. The lowest BCUT2D eigenvalue weighted by Gasteiger charge is -2.26. The monoisotopic (exact) mass is 341 g/mol. The van der Waals surface area contributed by atoms with Crippen LogP contribution in [0.2, 0.25) is 0 Å². The lowest BCUT2D eigenvalue weighted by molar-refractivity contribution is -0.137. The molecule has 0 fully saturated rings. The molecule has 1 N–H and O–H groups in total. The van der Waals surface area contributed by atoms with Gasteiger partial charge < -0.3 is 5.32 Å². The normalized spacial score (nSPS) is 17.8. The quantitative estimate of drug-likeness (QED) is 0.773. The van der Waals surface area contributed by atoms with Gasteiger partial charge in [0.2, 0.25) is 0 Å². The fourth-order valence-corrected chi connectivity index (χ4v) is 3.78. The summed E-state index contributed by atoms with van der Waals surface area (Å²) in [7, 11) is 0. The number of hydrogen-bond donors (Lipinski definition) is 1. The first-order valence-electron chi connectivity index (χ1n) is 7.25. The average Bonchev–Trinajstić information content (AvgIpc) is 2.52. The van der Waals surface area contributed by atoms with Crippen LogP contribution in [-0.2, 0) is 12.7 Å². The molecule has 0 amide bonds. The minimum absolute atomic E-state index is 0.0449. The number of halogens is 4. The Balaban J connectivity index is 1.74. The fraction of sp³-hybridized carbons (Fsp3) is 0.294. The van der Waals surface area contributed by atoms with Crippen molar-refractivity contribution in [1.29, 1.82) is 0 Å². The molecule has 1 aliphatic rings. The lowest BCUT2D eigenvalue weighted by Crippen LogP contribution is -2.24. The van der Waals surface area contributed by atoms with Gasteiger partial charge in [-0.05, 0) is 47.6 Å². The summed E-state index contributed by atoms with van der Waals surface area (Å²) in [5, 5.41) is 3.25. The van der Waals surface area contributed by atoms with E-state index >= 15 is 0 Å². The van der Waals surface area contributed by atoms with Crippen molar-refractivity contribution >= 4 is 11.8 Å². The standard InChI is InChI=1S/C17H15F4NS/c18-13-4-5-16-14(9-13)15(6-7-23-16)22-10-11-2-1-3-12(8-11)17(19,20)21/h1-5,8-9,15,22H,6-7,10H2. The van der Waals surface area contributed by atoms with E-state index in [4.69, 9.17) is 0 Å². The summed E-state index contributed by atoms with van der Waals surface area (Å²) in [6.07, 6.45) is -3.52. The maximum Gasteiger partial charge on any atom is 0.416 e. The molecule has 2 aromatic rings. The third-order valence-electron chi connectivity index (χ3n) is 3.82. The molecule has 1 unspecified atom stereocenters. The third kappa shape index (κ3) is 3.87. The molecule has 1 aliphatic heterocycles. The molecule has 1 nitrogen and oxygen atoms in total. The minimum atomic E-state index is -4.34. The molecule has 3 rings (SSSR count). The molecule has 0 spiro atoms. The molecular formula is C17H15F4NS. The molecular weight excluding hydrogens is 326 g/mol. The van der Waals surface area contributed by atoms with Crippen LogP contribution >= 0.6 is 11.8 Å². The Hall–Kier alpha value is -1.53. The Morgan fingerprint density at radius 1 is 1.13 bits per heavy atom. The van der Waals surface area contributed by atoms with Gasteiger partial charge in [0.05, 0.1) is 5.56 Å². The van der Waals surface area contributed by atoms with Crippen molar-refractivity contribution in [3.05, 3.63) is 65.0 Å². The van der Waals surface area contributed by atoms with Crippen molar-refractivity contribution in [1.82, 2.24) is 5.32 Å². The van der Waals surface area contributed by atoms with Gasteiger partial charge in [0.15, 0.2) is 0 Å². The zero-order valence-corrected chi connectivity index (χ0v) is 13.0. The van der Waals surface area contributed by atoms with Crippen LogP contribution in [-0.4, -0.2) is 5.75 Å². The topological polar surface area (TPSA) is 12.0 Å².